The molecule has 1 N–H and O–H groups in total. The maximum atomic E-state index is 12.3. The van der Waals surface area contributed by atoms with Crippen LogP contribution in [-0.4, -0.2) is 8.42 Å². The highest BCUT2D eigenvalue weighted by atomic mass is 79.9. The number of anilines is 1. The normalized spacial score (nSPS) is 11.4. The molecule has 0 amide bonds. The molecule has 7 heteroatoms. The molecular formula is C13H10BrCl2NO2S. The van der Waals surface area contributed by atoms with Gasteiger partial charge < -0.3 is 0 Å². The molecule has 2 aromatic rings. The highest BCUT2D eigenvalue weighted by Crippen LogP contribution is 2.28. The fraction of sp³-hybridized carbons (Fsp3) is 0.0769. The number of benzene rings is 2. The monoisotopic (exact) mass is 393 g/mol. The third-order valence-corrected chi connectivity index (χ3v) is 4.95. The summed E-state index contributed by atoms with van der Waals surface area (Å²) in [6.45, 7) is 1.92. The molecule has 0 radical (unpaired) electrons. The van der Waals surface area contributed by atoms with Gasteiger partial charge in [-0.25, -0.2) is 8.42 Å². The standard InChI is InChI=1S/C13H10BrCl2NO2S/c1-8-2-3-13(12(14)4-8)17-20(18,19)11-6-9(15)5-10(16)7-11/h2-7,17H,1H3. The lowest BCUT2D eigenvalue weighted by Crippen LogP contribution is -2.13. The molecule has 0 fully saturated rings. The van der Waals surface area contributed by atoms with E-state index in [0.717, 1.165) is 5.56 Å². The highest BCUT2D eigenvalue weighted by Gasteiger charge is 2.17. The maximum Gasteiger partial charge on any atom is 0.262 e. The molecule has 106 valence electrons. The van der Waals surface area contributed by atoms with Crippen molar-refractivity contribution in [3.05, 3.63) is 56.5 Å². The van der Waals surface area contributed by atoms with Crippen molar-refractivity contribution in [3.8, 4) is 0 Å². The lowest BCUT2D eigenvalue weighted by atomic mass is 10.2. The zero-order valence-corrected chi connectivity index (χ0v) is 14.2. The average Bonchev–Trinajstić information content (AvgIpc) is 2.31. The zero-order valence-electron chi connectivity index (χ0n) is 10.3. The van der Waals surface area contributed by atoms with Crippen molar-refractivity contribution < 1.29 is 8.42 Å². The number of aryl methyl sites for hydroxylation is 1. The lowest BCUT2D eigenvalue weighted by Gasteiger charge is -2.11. The minimum absolute atomic E-state index is 0.0162. The van der Waals surface area contributed by atoms with Crippen molar-refractivity contribution in [3.63, 3.8) is 0 Å². The van der Waals surface area contributed by atoms with Crippen LogP contribution in [0.2, 0.25) is 10.0 Å². The Kier molecular flexibility index (Phi) is 4.64. The first kappa shape index (κ1) is 15.6. The Morgan fingerprint density at radius 3 is 2.20 bits per heavy atom. The minimum atomic E-state index is -3.74. The molecule has 2 rings (SSSR count). The van der Waals surface area contributed by atoms with Crippen LogP contribution in [0.1, 0.15) is 5.56 Å². The van der Waals surface area contributed by atoms with E-state index in [0.29, 0.717) is 10.2 Å². The van der Waals surface area contributed by atoms with Gasteiger partial charge in [-0.1, -0.05) is 29.3 Å². The van der Waals surface area contributed by atoms with Gasteiger partial charge in [0.15, 0.2) is 0 Å². The number of sulfonamides is 1. The minimum Gasteiger partial charge on any atom is -0.278 e. The number of rotatable bonds is 3. The molecule has 0 heterocycles. The average molecular weight is 395 g/mol. The second-order valence-corrected chi connectivity index (χ2v) is 7.60. The van der Waals surface area contributed by atoms with Gasteiger partial charge in [0.2, 0.25) is 0 Å². The van der Waals surface area contributed by atoms with Gasteiger partial charge in [0, 0.05) is 14.5 Å². The molecule has 0 saturated heterocycles. The Labute approximate surface area is 136 Å². The first-order valence-electron chi connectivity index (χ1n) is 5.53. The first-order chi connectivity index (χ1) is 9.28. The molecule has 0 aliphatic carbocycles. The molecule has 20 heavy (non-hydrogen) atoms. The van der Waals surface area contributed by atoms with Gasteiger partial charge in [-0.15, -0.1) is 0 Å². The number of halogens is 3. The van der Waals surface area contributed by atoms with Crippen LogP contribution in [-0.2, 0) is 10.0 Å². The van der Waals surface area contributed by atoms with E-state index in [9.17, 15) is 8.42 Å². The molecule has 0 unspecified atom stereocenters. The summed E-state index contributed by atoms with van der Waals surface area (Å²) in [6, 6.07) is 9.49. The molecular weight excluding hydrogens is 385 g/mol. The van der Waals surface area contributed by atoms with E-state index in [-0.39, 0.29) is 14.9 Å². The summed E-state index contributed by atoms with van der Waals surface area (Å²) >= 11 is 15.0. The van der Waals surface area contributed by atoms with Crippen molar-refractivity contribution >= 4 is 54.8 Å². The van der Waals surface area contributed by atoms with Crippen LogP contribution in [0, 0.1) is 6.92 Å². The molecule has 0 atom stereocenters. The lowest BCUT2D eigenvalue weighted by molar-refractivity contribution is 0.601. The number of hydrogen-bond donors (Lipinski definition) is 1. The van der Waals surface area contributed by atoms with Crippen LogP contribution < -0.4 is 4.72 Å². The van der Waals surface area contributed by atoms with Gasteiger partial charge in [-0.2, -0.15) is 0 Å². The van der Waals surface area contributed by atoms with Gasteiger partial charge in [0.25, 0.3) is 10.0 Å². The maximum absolute atomic E-state index is 12.3. The molecule has 0 bridgehead atoms. The van der Waals surface area contributed by atoms with E-state index in [1.165, 1.54) is 18.2 Å². The Bertz CT molecular complexity index is 743. The Morgan fingerprint density at radius 2 is 1.65 bits per heavy atom. The van der Waals surface area contributed by atoms with E-state index in [1.807, 2.05) is 19.1 Å². The molecule has 0 aliphatic heterocycles. The second kappa shape index (κ2) is 5.93. The summed E-state index contributed by atoms with van der Waals surface area (Å²) in [5.41, 5.74) is 1.47. The third kappa shape index (κ3) is 3.67. The Morgan fingerprint density at radius 1 is 1.05 bits per heavy atom. The number of nitrogens with one attached hydrogen (secondary N) is 1. The Balaban J connectivity index is 2.40. The van der Waals surface area contributed by atoms with Crippen LogP contribution in [0.25, 0.3) is 0 Å². The molecule has 3 nitrogen and oxygen atoms in total. The smallest absolute Gasteiger partial charge is 0.262 e. The van der Waals surface area contributed by atoms with Crippen LogP contribution in [0.4, 0.5) is 5.69 Å². The van der Waals surface area contributed by atoms with Gasteiger partial charge in [0.05, 0.1) is 10.6 Å². The van der Waals surface area contributed by atoms with E-state index < -0.39 is 10.0 Å². The summed E-state index contributed by atoms with van der Waals surface area (Å²) in [5.74, 6) is 0. The van der Waals surface area contributed by atoms with Crippen molar-refractivity contribution in [1.29, 1.82) is 0 Å². The first-order valence-corrected chi connectivity index (χ1v) is 8.56. The second-order valence-electron chi connectivity index (χ2n) is 4.19. The number of hydrogen-bond acceptors (Lipinski definition) is 2. The molecule has 0 aromatic heterocycles. The summed E-state index contributed by atoms with van der Waals surface area (Å²) in [6.07, 6.45) is 0. The molecule has 0 saturated carbocycles. The van der Waals surface area contributed by atoms with Crippen molar-refractivity contribution in [2.75, 3.05) is 4.72 Å². The fourth-order valence-electron chi connectivity index (χ4n) is 1.59. The topological polar surface area (TPSA) is 46.2 Å². The quantitative estimate of drug-likeness (QED) is 0.807. The highest BCUT2D eigenvalue weighted by molar-refractivity contribution is 9.10. The van der Waals surface area contributed by atoms with Crippen LogP contribution >= 0.6 is 39.1 Å². The molecule has 0 spiro atoms. The largest absolute Gasteiger partial charge is 0.278 e. The SMILES string of the molecule is Cc1ccc(NS(=O)(=O)c2cc(Cl)cc(Cl)c2)c(Br)c1. The third-order valence-electron chi connectivity index (χ3n) is 2.52. The van der Waals surface area contributed by atoms with E-state index in [4.69, 9.17) is 23.2 Å². The van der Waals surface area contributed by atoms with Crippen LogP contribution in [0.5, 0.6) is 0 Å². The summed E-state index contributed by atoms with van der Waals surface area (Å²) < 4.78 is 27.7. The van der Waals surface area contributed by atoms with Gasteiger partial charge >= 0.3 is 0 Å². The zero-order chi connectivity index (χ0) is 14.9. The van der Waals surface area contributed by atoms with Crippen LogP contribution in [0.15, 0.2) is 45.8 Å². The van der Waals surface area contributed by atoms with Gasteiger partial charge in [-0.3, -0.25) is 4.72 Å². The van der Waals surface area contributed by atoms with Crippen LogP contribution in [0.3, 0.4) is 0 Å². The van der Waals surface area contributed by atoms with E-state index in [1.54, 1.807) is 6.07 Å². The van der Waals surface area contributed by atoms with Crippen molar-refractivity contribution in [2.45, 2.75) is 11.8 Å². The fourth-order valence-corrected chi connectivity index (χ4v) is 4.12. The molecule has 2 aromatic carbocycles. The van der Waals surface area contributed by atoms with Gasteiger partial charge in [0.1, 0.15) is 0 Å². The van der Waals surface area contributed by atoms with E-state index >= 15 is 0 Å². The van der Waals surface area contributed by atoms with E-state index in [2.05, 4.69) is 20.7 Å². The predicted molar refractivity (Wildman–Crippen MR) is 86.1 cm³/mol. The molecule has 0 aliphatic rings. The summed E-state index contributed by atoms with van der Waals surface area (Å²) in [7, 11) is -3.74. The van der Waals surface area contributed by atoms with Crippen molar-refractivity contribution in [2.24, 2.45) is 0 Å². The summed E-state index contributed by atoms with van der Waals surface area (Å²) in [4.78, 5) is 0.0162. The predicted octanol–water partition coefficient (Wildman–Crippen LogP) is 4.87. The summed E-state index contributed by atoms with van der Waals surface area (Å²) in [5, 5.41) is 0.529. The Hall–Kier alpha value is -0.750. The van der Waals surface area contributed by atoms with Crippen molar-refractivity contribution in [1.82, 2.24) is 0 Å². The van der Waals surface area contributed by atoms with Gasteiger partial charge in [-0.05, 0) is 58.7 Å².